The molecule has 0 aliphatic heterocycles. The average Bonchev–Trinajstić information content (AvgIpc) is 2.02. The van der Waals surface area contributed by atoms with Crippen LogP contribution in [0, 0.1) is 5.92 Å². The van der Waals surface area contributed by atoms with E-state index in [9.17, 15) is 0 Å². The van der Waals surface area contributed by atoms with E-state index in [2.05, 4.69) is 33.0 Å². The summed E-state index contributed by atoms with van der Waals surface area (Å²) < 4.78 is 5.14. The van der Waals surface area contributed by atoms with Crippen LogP contribution < -0.4 is 5.32 Å². The molecular weight excluding hydrogens is 162 g/mol. The first-order valence-electron chi connectivity index (χ1n) is 5.35. The first-order valence-corrected chi connectivity index (χ1v) is 5.35. The Balaban J connectivity index is 3.65. The average molecular weight is 187 g/mol. The molecule has 0 radical (unpaired) electrons. The van der Waals surface area contributed by atoms with E-state index in [0.29, 0.717) is 12.1 Å². The van der Waals surface area contributed by atoms with Crippen LogP contribution in [0.2, 0.25) is 0 Å². The fourth-order valence-corrected chi connectivity index (χ4v) is 1.66. The molecule has 0 spiro atoms. The second-order valence-corrected chi connectivity index (χ2v) is 4.26. The Labute approximate surface area is 83.1 Å². The summed E-state index contributed by atoms with van der Waals surface area (Å²) in [6.45, 7) is 9.78. The quantitative estimate of drug-likeness (QED) is 0.661. The maximum Gasteiger partial charge on any atom is 0.0615 e. The summed E-state index contributed by atoms with van der Waals surface area (Å²) in [5, 5.41) is 3.57. The van der Waals surface area contributed by atoms with E-state index >= 15 is 0 Å². The summed E-state index contributed by atoms with van der Waals surface area (Å²) in [7, 11) is 1.76. The van der Waals surface area contributed by atoms with Crippen molar-refractivity contribution in [2.24, 2.45) is 5.92 Å². The lowest BCUT2D eigenvalue weighted by molar-refractivity contribution is 0.157. The SMILES string of the molecule is CCC(COC)NC(C)CC(C)C. The van der Waals surface area contributed by atoms with Gasteiger partial charge in [0.2, 0.25) is 0 Å². The normalized spacial score (nSPS) is 16.2. The molecule has 0 amide bonds. The third-order valence-corrected chi connectivity index (χ3v) is 2.21. The molecule has 0 heterocycles. The Hall–Kier alpha value is -0.0800. The van der Waals surface area contributed by atoms with Gasteiger partial charge in [-0.1, -0.05) is 20.8 Å². The van der Waals surface area contributed by atoms with Gasteiger partial charge in [0.1, 0.15) is 0 Å². The Bertz CT molecular complexity index is 115. The van der Waals surface area contributed by atoms with Crippen LogP contribution in [0.1, 0.15) is 40.5 Å². The summed E-state index contributed by atoms with van der Waals surface area (Å²) in [5.74, 6) is 0.766. The van der Waals surface area contributed by atoms with E-state index in [4.69, 9.17) is 4.74 Å². The zero-order chi connectivity index (χ0) is 10.3. The number of rotatable bonds is 7. The van der Waals surface area contributed by atoms with Gasteiger partial charge in [-0.2, -0.15) is 0 Å². The molecule has 0 aromatic heterocycles. The number of hydrogen-bond acceptors (Lipinski definition) is 2. The molecule has 0 aliphatic carbocycles. The van der Waals surface area contributed by atoms with Crippen LogP contribution in [0.15, 0.2) is 0 Å². The first kappa shape index (κ1) is 12.9. The van der Waals surface area contributed by atoms with Crippen LogP contribution >= 0.6 is 0 Å². The Morgan fingerprint density at radius 1 is 1.23 bits per heavy atom. The summed E-state index contributed by atoms with van der Waals surface area (Å²) in [4.78, 5) is 0. The monoisotopic (exact) mass is 187 g/mol. The van der Waals surface area contributed by atoms with E-state index in [1.807, 2.05) is 0 Å². The number of methoxy groups -OCH3 is 1. The van der Waals surface area contributed by atoms with Crippen LogP contribution in [0.5, 0.6) is 0 Å². The third-order valence-electron chi connectivity index (χ3n) is 2.21. The zero-order valence-electron chi connectivity index (χ0n) is 9.76. The van der Waals surface area contributed by atoms with E-state index in [1.54, 1.807) is 7.11 Å². The first-order chi connectivity index (χ1) is 6.10. The molecule has 0 aromatic rings. The minimum absolute atomic E-state index is 0.513. The Morgan fingerprint density at radius 2 is 1.85 bits per heavy atom. The molecule has 0 aromatic carbocycles. The second-order valence-electron chi connectivity index (χ2n) is 4.26. The Morgan fingerprint density at radius 3 is 2.23 bits per heavy atom. The van der Waals surface area contributed by atoms with Crippen LogP contribution in [-0.2, 0) is 4.74 Å². The van der Waals surface area contributed by atoms with Crippen molar-refractivity contribution in [3.05, 3.63) is 0 Å². The summed E-state index contributed by atoms with van der Waals surface area (Å²) >= 11 is 0. The molecule has 1 N–H and O–H groups in total. The van der Waals surface area contributed by atoms with Gasteiger partial charge in [-0.05, 0) is 25.7 Å². The molecule has 0 rings (SSSR count). The largest absolute Gasteiger partial charge is 0.383 e. The molecule has 0 fully saturated rings. The van der Waals surface area contributed by atoms with E-state index in [-0.39, 0.29) is 0 Å². The van der Waals surface area contributed by atoms with Gasteiger partial charge in [0, 0.05) is 19.2 Å². The lowest BCUT2D eigenvalue weighted by Crippen LogP contribution is -2.39. The van der Waals surface area contributed by atoms with Crippen molar-refractivity contribution in [3.63, 3.8) is 0 Å². The topological polar surface area (TPSA) is 21.3 Å². The van der Waals surface area contributed by atoms with Crippen LogP contribution in [0.4, 0.5) is 0 Å². The standard InChI is InChI=1S/C11H25NO/c1-6-11(8-13-5)12-10(4)7-9(2)3/h9-12H,6-8H2,1-5H3. The number of nitrogens with one attached hydrogen (secondary N) is 1. The molecule has 80 valence electrons. The second kappa shape index (κ2) is 7.34. The highest BCUT2D eigenvalue weighted by Gasteiger charge is 2.10. The fraction of sp³-hybridized carbons (Fsp3) is 1.00. The van der Waals surface area contributed by atoms with Crippen molar-refractivity contribution < 1.29 is 4.74 Å². The number of ether oxygens (including phenoxy) is 1. The van der Waals surface area contributed by atoms with E-state index in [0.717, 1.165) is 18.9 Å². The maximum absolute atomic E-state index is 5.14. The van der Waals surface area contributed by atoms with Crippen molar-refractivity contribution in [1.29, 1.82) is 0 Å². The molecule has 0 bridgehead atoms. The minimum Gasteiger partial charge on any atom is -0.383 e. The Kier molecular flexibility index (Phi) is 7.29. The van der Waals surface area contributed by atoms with Gasteiger partial charge in [0.25, 0.3) is 0 Å². The number of hydrogen-bond donors (Lipinski definition) is 1. The predicted octanol–water partition coefficient (Wildman–Crippen LogP) is 2.44. The van der Waals surface area contributed by atoms with E-state index in [1.165, 1.54) is 6.42 Å². The van der Waals surface area contributed by atoms with Gasteiger partial charge in [-0.15, -0.1) is 0 Å². The van der Waals surface area contributed by atoms with Crippen LogP contribution in [-0.4, -0.2) is 25.8 Å². The van der Waals surface area contributed by atoms with Gasteiger partial charge < -0.3 is 10.1 Å². The summed E-state index contributed by atoms with van der Waals surface area (Å²) in [6.07, 6.45) is 2.37. The zero-order valence-corrected chi connectivity index (χ0v) is 9.76. The lowest BCUT2D eigenvalue weighted by atomic mass is 10.0. The third kappa shape index (κ3) is 7.03. The van der Waals surface area contributed by atoms with Crippen molar-refractivity contribution in [2.45, 2.75) is 52.6 Å². The highest BCUT2D eigenvalue weighted by atomic mass is 16.5. The summed E-state index contributed by atoms with van der Waals surface area (Å²) in [6, 6.07) is 1.11. The molecule has 2 unspecified atom stereocenters. The minimum atomic E-state index is 0.513. The van der Waals surface area contributed by atoms with Crippen molar-refractivity contribution in [3.8, 4) is 0 Å². The predicted molar refractivity (Wildman–Crippen MR) is 58.0 cm³/mol. The van der Waals surface area contributed by atoms with Gasteiger partial charge >= 0.3 is 0 Å². The van der Waals surface area contributed by atoms with Crippen molar-refractivity contribution in [1.82, 2.24) is 5.32 Å². The molecule has 2 heteroatoms. The van der Waals surface area contributed by atoms with Gasteiger partial charge in [0.05, 0.1) is 6.61 Å². The van der Waals surface area contributed by atoms with E-state index < -0.39 is 0 Å². The van der Waals surface area contributed by atoms with Crippen LogP contribution in [0.3, 0.4) is 0 Å². The fourth-order valence-electron chi connectivity index (χ4n) is 1.66. The molecule has 13 heavy (non-hydrogen) atoms. The molecule has 0 saturated carbocycles. The van der Waals surface area contributed by atoms with Crippen molar-refractivity contribution >= 4 is 0 Å². The van der Waals surface area contributed by atoms with Gasteiger partial charge in [-0.3, -0.25) is 0 Å². The molecule has 2 nitrogen and oxygen atoms in total. The molecular formula is C11H25NO. The van der Waals surface area contributed by atoms with Crippen molar-refractivity contribution in [2.75, 3.05) is 13.7 Å². The maximum atomic E-state index is 5.14. The highest BCUT2D eigenvalue weighted by molar-refractivity contribution is 4.70. The van der Waals surface area contributed by atoms with Gasteiger partial charge in [-0.25, -0.2) is 0 Å². The molecule has 0 aliphatic rings. The lowest BCUT2D eigenvalue weighted by Gasteiger charge is -2.22. The molecule has 0 saturated heterocycles. The smallest absolute Gasteiger partial charge is 0.0615 e. The highest BCUT2D eigenvalue weighted by Crippen LogP contribution is 2.05. The molecule has 2 atom stereocenters. The summed E-state index contributed by atoms with van der Waals surface area (Å²) in [5.41, 5.74) is 0. The van der Waals surface area contributed by atoms with Crippen LogP contribution in [0.25, 0.3) is 0 Å². The van der Waals surface area contributed by atoms with Gasteiger partial charge in [0.15, 0.2) is 0 Å².